The molecule has 0 unspecified atom stereocenters. The first-order chi connectivity index (χ1) is 7.81. The number of nitrogen functional groups attached to an aromatic ring is 1. The predicted octanol–water partition coefficient (Wildman–Crippen LogP) is 2.25. The third-order valence-corrected chi connectivity index (χ3v) is 3.35. The van der Waals surface area contributed by atoms with Gasteiger partial charge in [0.2, 0.25) is 0 Å². The summed E-state index contributed by atoms with van der Waals surface area (Å²) in [4.78, 5) is 4.54. The second-order valence-electron chi connectivity index (χ2n) is 4.32. The SMILES string of the molecule is CCc1noc2nc3c(c(N)c12)CCCC3. The second kappa shape index (κ2) is 3.47. The van der Waals surface area contributed by atoms with Crippen LogP contribution in [0.15, 0.2) is 4.52 Å². The smallest absolute Gasteiger partial charge is 0.260 e. The number of hydrogen-bond donors (Lipinski definition) is 1. The van der Waals surface area contributed by atoms with Gasteiger partial charge in [-0.05, 0) is 37.7 Å². The summed E-state index contributed by atoms with van der Waals surface area (Å²) in [6.07, 6.45) is 5.28. The van der Waals surface area contributed by atoms with E-state index < -0.39 is 0 Å². The van der Waals surface area contributed by atoms with Crippen LogP contribution in [-0.4, -0.2) is 10.1 Å². The molecular formula is C12H15N3O. The van der Waals surface area contributed by atoms with Crippen molar-refractivity contribution >= 4 is 16.8 Å². The standard InChI is InChI=1S/C12H15N3O/c1-2-8-10-11(13)7-5-3-4-6-9(7)14-12(10)16-15-8/h2-6H2,1H3,(H2,13,14). The highest BCUT2D eigenvalue weighted by Crippen LogP contribution is 2.32. The molecule has 2 heterocycles. The van der Waals surface area contributed by atoms with E-state index in [0.717, 1.165) is 41.7 Å². The molecule has 0 saturated carbocycles. The molecule has 2 aromatic heterocycles. The van der Waals surface area contributed by atoms with Crippen LogP contribution in [0.2, 0.25) is 0 Å². The lowest BCUT2D eigenvalue weighted by molar-refractivity contribution is 0.438. The lowest BCUT2D eigenvalue weighted by Gasteiger charge is -2.16. The molecule has 4 heteroatoms. The third kappa shape index (κ3) is 1.22. The zero-order valence-corrected chi connectivity index (χ0v) is 9.42. The summed E-state index contributed by atoms with van der Waals surface area (Å²) in [5, 5.41) is 4.96. The lowest BCUT2D eigenvalue weighted by atomic mass is 9.93. The molecule has 3 rings (SSSR count). The number of aromatic nitrogens is 2. The van der Waals surface area contributed by atoms with Gasteiger partial charge >= 0.3 is 0 Å². The van der Waals surface area contributed by atoms with Crippen LogP contribution in [0.1, 0.15) is 36.7 Å². The van der Waals surface area contributed by atoms with E-state index >= 15 is 0 Å². The van der Waals surface area contributed by atoms with Crippen molar-refractivity contribution in [3.05, 3.63) is 17.0 Å². The Morgan fingerprint density at radius 2 is 2.12 bits per heavy atom. The van der Waals surface area contributed by atoms with Gasteiger partial charge in [-0.25, -0.2) is 4.98 Å². The number of pyridine rings is 1. The van der Waals surface area contributed by atoms with Crippen molar-refractivity contribution < 1.29 is 4.52 Å². The summed E-state index contributed by atoms with van der Waals surface area (Å²) in [5.74, 6) is 0. The third-order valence-electron chi connectivity index (χ3n) is 3.35. The summed E-state index contributed by atoms with van der Waals surface area (Å²) in [6.45, 7) is 2.05. The summed E-state index contributed by atoms with van der Waals surface area (Å²) in [6, 6.07) is 0. The molecule has 0 amide bonds. The lowest BCUT2D eigenvalue weighted by Crippen LogP contribution is -2.09. The Hall–Kier alpha value is -1.58. The highest BCUT2D eigenvalue weighted by molar-refractivity contribution is 5.91. The average molecular weight is 217 g/mol. The van der Waals surface area contributed by atoms with Gasteiger partial charge < -0.3 is 10.3 Å². The van der Waals surface area contributed by atoms with Gasteiger partial charge in [-0.3, -0.25) is 0 Å². The van der Waals surface area contributed by atoms with E-state index in [9.17, 15) is 0 Å². The van der Waals surface area contributed by atoms with Gasteiger partial charge in [0, 0.05) is 5.69 Å². The van der Waals surface area contributed by atoms with Crippen LogP contribution in [0.4, 0.5) is 5.69 Å². The zero-order valence-electron chi connectivity index (χ0n) is 9.42. The number of nitrogens with two attached hydrogens (primary N) is 1. The van der Waals surface area contributed by atoms with Gasteiger partial charge in [0.1, 0.15) is 0 Å². The molecular weight excluding hydrogens is 202 g/mol. The Morgan fingerprint density at radius 3 is 2.94 bits per heavy atom. The van der Waals surface area contributed by atoms with Gasteiger partial charge in [0.15, 0.2) is 0 Å². The number of hydrogen-bond acceptors (Lipinski definition) is 4. The van der Waals surface area contributed by atoms with Crippen molar-refractivity contribution in [1.82, 2.24) is 10.1 Å². The fraction of sp³-hybridized carbons (Fsp3) is 0.500. The maximum absolute atomic E-state index is 6.22. The van der Waals surface area contributed by atoms with E-state index in [2.05, 4.69) is 17.1 Å². The Bertz CT molecular complexity index is 545. The molecule has 16 heavy (non-hydrogen) atoms. The molecule has 1 aliphatic carbocycles. The number of rotatable bonds is 1. The molecule has 4 nitrogen and oxygen atoms in total. The Kier molecular flexibility index (Phi) is 2.09. The van der Waals surface area contributed by atoms with E-state index in [1.54, 1.807) is 0 Å². The fourth-order valence-electron chi connectivity index (χ4n) is 2.48. The molecule has 0 aliphatic heterocycles. The second-order valence-corrected chi connectivity index (χ2v) is 4.32. The van der Waals surface area contributed by atoms with Crippen molar-refractivity contribution in [1.29, 1.82) is 0 Å². The number of aryl methyl sites for hydroxylation is 2. The molecule has 0 bridgehead atoms. The summed E-state index contributed by atoms with van der Waals surface area (Å²) in [7, 11) is 0. The first kappa shape index (κ1) is 9.63. The van der Waals surface area contributed by atoms with Crippen LogP contribution in [0.3, 0.4) is 0 Å². The number of fused-ring (bicyclic) bond motifs is 2. The number of anilines is 1. The van der Waals surface area contributed by atoms with Crippen molar-refractivity contribution in [2.75, 3.05) is 5.73 Å². The highest BCUT2D eigenvalue weighted by atomic mass is 16.5. The highest BCUT2D eigenvalue weighted by Gasteiger charge is 2.20. The van der Waals surface area contributed by atoms with Gasteiger partial charge in [0.25, 0.3) is 5.71 Å². The number of nitrogens with zero attached hydrogens (tertiary/aromatic N) is 2. The molecule has 0 saturated heterocycles. The quantitative estimate of drug-likeness (QED) is 0.795. The fourth-order valence-corrected chi connectivity index (χ4v) is 2.48. The maximum atomic E-state index is 6.22. The summed E-state index contributed by atoms with van der Waals surface area (Å²) in [5.41, 5.74) is 10.9. The van der Waals surface area contributed by atoms with Crippen LogP contribution >= 0.6 is 0 Å². The summed E-state index contributed by atoms with van der Waals surface area (Å²) < 4.78 is 5.25. The molecule has 1 aliphatic rings. The molecule has 0 atom stereocenters. The van der Waals surface area contributed by atoms with Crippen LogP contribution < -0.4 is 5.73 Å². The van der Waals surface area contributed by atoms with Crippen molar-refractivity contribution in [2.24, 2.45) is 0 Å². The topological polar surface area (TPSA) is 64.9 Å². The average Bonchev–Trinajstić information content (AvgIpc) is 2.72. The zero-order chi connectivity index (χ0) is 11.1. The van der Waals surface area contributed by atoms with Crippen LogP contribution in [0.25, 0.3) is 11.1 Å². The molecule has 0 spiro atoms. The van der Waals surface area contributed by atoms with Crippen molar-refractivity contribution in [3.8, 4) is 0 Å². The van der Waals surface area contributed by atoms with Crippen LogP contribution in [0.5, 0.6) is 0 Å². The predicted molar refractivity (Wildman–Crippen MR) is 62.2 cm³/mol. The van der Waals surface area contributed by atoms with E-state index in [1.807, 2.05) is 0 Å². The molecule has 0 radical (unpaired) electrons. The molecule has 0 aromatic carbocycles. The minimum atomic E-state index is 0.606. The normalized spacial score (nSPS) is 15.3. The Balaban J connectivity index is 2.33. The first-order valence-electron chi connectivity index (χ1n) is 5.86. The molecule has 84 valence electrons. The van der Waals surface area contributed by atoms with Crippen molar-refractivity contribution in [2.45, 2.75) is 39.0 Å². The molecule has 2 aromatic rings. The Morgan fingerprint density at radius 1 is 1.31 bits per heavy atom. The molecule has 0 fully saturated rings. The van der Waals surface area contributed by atoms with E-state index in [4.69, 9.17) is 10.3 Å². The maximum Gasteiger partial charge on any atom is 0.260 e. The van der Waals surface area contributed by atoms with Gasteiger partial charge in [-0.15, -0.1) is 0 Å². The molecule has 2 N–H and O–H groups in total. The monoisotopic (exact) mass is 217 g/mol. The van der Waals surface area contributed by atoms with Crippen LogP contribution in [-0.2, 0) is 19.3 Å². The van der Waals surface area contributed by atoms with Gasteiger partial charge in [-0.2, -0.15) is 0 Å². The van der Waals surface area contributed by atoms with E-state index in [1.165, 1.54) is 18.4 Å². The van der Waals surface area contributed by atoms with Crippen LogP contribution in [0, 0.1) is 0 Å². The van der Waals surface area contributed by atoms with Crippen molar-refractivity contribution in [3.63, 3.8) is 0 Å². The van der Waals surface area contributed by atoms with Gasteiger partial charge in [-0.1, -0.05) is 12.1 Å². The minimum absolute atomic E-state index is 0.606. The van der Waals surface area contributed by atoms with Gasteiger partial charge in [0.05, 0.1) is 16.8 Å². The Labute approximate surface area is 93.8 Å². The minimum Gasteiger partial charge on any atom is -0.398 e. The van der Waals surface area contributed by atoms with E-state index in [0.29, 0.717) is 5.71 Å². The van der Waals surface area contributed by atoms with E-state index in [-0.39, 0.29) is 0 Å². The summed E-state index contributed by atoms with van der Waals surface area (Å²) >= 11 is 0. The largest absolute Gasteiger partial charge is 0.398 e. The first-order valence-corrected chi connectivity index (χ1v) is 5.86.